The van der Waals surface area contributed by atoms with Crippen molar-refractivity contribution in [3.63, 3.8) is 0 Å². The van der Waals surface area contributed by atoms with Crippen molar-refractivity contribution in [2.24, 2.45) is 0 Å². The van der Waals surface area contributed by atoms with Gasteiger partial charge in [-0.05, 0) is 51.4 Å². The van der Waals surface area contributed by atoms with Gasteiger partial charge in [0.1, 0.15) is 0 Å². The van der Waals surface area contributed by atoms with E-state index in [4.69, 9.17) is 0 Å². The van der Waals surface area contributed by atoms with Crippen LogP contribution in [-0.2, 0) is 4.79 Å². The third kappa shape index (κ3) is 51.2. The Morgan fingerprint density at radius 1 is 0.397 bits per heavy atom. The van der Waals surface area contributed by atoms with Crippen LogP contribution in [0.15, 0.2) is 48.6 Å². The Labute approximate surface area is 394 Å². The quantitative estimate of drug-likeness (QED) is 0.0421. The summed E-state index contributed by atoms with van der Waals surface area (Å²) >= 11 is 0. The molecule has 0 aliphatic rings. The predicted octanol–water partition coefficient (Wildman–Crippen LogP) is 18.6. The first-order valence-corrected chi connectivity index (χ1v) is 28.3. The van der Waals surface area contributed by atoms with E-state index >= 15 is 0 Å². The number of aliphatic hydroxyl groups excluding tert-OH is 2. The van der Waals surface area contributed by atoms with E-state index in [2.05, 4.69) is 67.8 Å². The van der Waals surface area contributed by atoms with Gasteiger partial charge in [0.15, 0.2) is 0 Å². The number of carbonyl (C=O) groups excluding carboxylic acids is 1. The molecule has 3 N–H and O–H groups in total. The molecule has 370 valence electrons. The lowest BCUT2D eigenvalue weighted by Gasteiger charge is -2.22. The molecule has 0 fully saturated rings. The topological polar surface area (TPSA) is 69.6 Å². The van der Waals surface area contributed by atoms with Gasteiger partial charge in [-0.1, -0.05) is 294 Å². The molecule has 63 heavy (non-hydrogen) atoms. The zero-order valence-corrected chi connectivity index (χ0v) is 42.6. The Morgan fingerprint density at radius 2 is 0.698 bits per heavy atom. The zero-order chi connectivity index (χ0) is 45.6. The molecule has 0 bridgehead atoms. The van der Waals surface area contributed by atoms with Crippen LogP contribution in [0.25, 0.3) is 0 Å². The summed E-state index contributed by atoms with van der Waals surface area (Å²) < 4.78 is 0. The van der Waals surface area contributed by atoms with E-state index in [0.717, 1.165) is 51.4 Å². The van der Waals surface area contributed by atoms with Crippen LogP contribution in [0, 0.1) is 0 Å². The lowest BCUT2D eigenvalue weighted by molar-refractivity contribution is -0.123. The first-order valence-electron chi connectivity index (χ1n) is 28.3. The average molecular weight is 883 g/mol. The first-order chi connectivity index (χ1) is 31.2. The van der Waals surface area contributed by atoms with Gasteiger partial charge in [-0.3, -0.25) is 4.79 Å². The summed E-state index contributed by atoms with van der Waals surface area (Å²) in [6.07, 6.45) is 75.3. The molecule has 0 aromatic rings. The van der Waals surface area contributed by atoms with E-state index in [9.17, 15) is 15.0 Å². The molecule has 0 rings (SSSR count). The summed E-state index contributed by atoms with van der Waals surface area (Å²) in [4.78, 5) is 12.5. The second-order valence-corrected chi connectivity index (χ2v) is 19.3. The van der Waals surface area contributed by atoms with Gasteiger partial charge in [-0.2, -0.15) is 0 Å². The van der Waals surface area contributed by atoms with E-state index in [1.807, 2.05) is 0 Å². The van der Waals surface area contributed by atoms with E-state index in [1.165, 1.54) is 225 Å². The Bertz CT molecular complexity index is 1000. The van der Waals surface area contributed by atoms with Crippen LogP contribution in [0.5, 0.6) is 0 Å². The highest BCUT2D eigenvalue weighted by Gasteiger charge is 2.20. The van der Waals surface area contributed by atoms with Crippen molar-refractivity contribution in [3.05, 3.63) is 48.6 Å². The molecule has 0 saturated heterocycles. The summed E-state index contributed by atoms with van der Waals surface area (Å²) in [5.41, 5.74) is 0. The number of aliphatic hydroxyl groups is 2. The number of amides is 1. The molecule has 0 aliphatic carbocycles. The van der Waals surface area contributed by atoms with E-state index < -0.39 is 12.1 Å². The van der Waals surface area contributed by atoms with Crippen LogP contribution in [0.3, 0.4) is 0 Å². The lowest BCUT2D eigenvalue weighted by Crippen LogP contribution is -2.45. The fourth-order valence-electron chi connectivity index (χ4n) is 8.83. The Morgan fingerprint density at radius 3 is 1.05 bits per heavy atom. The zero-order valence-electron chi connectivity index (χ0n) is 42.6. The molecule has 1 amide bonds. The average Bonchev–Trinajstić information content (AvgIpc) is 3.29. The van der Waals surface area contributed by atoms with Crippen LogP contribution in [0.2, 0.25) is 0 Å². The van der Waals surface area contributed by atoms with E-state index in [1.54, 1.807) is 0 Å². The molecule has 0 aliphatic heterocycles. The van der Waals surface area contributed by atoms with E-state index in [0.29, 0.717) is 12.8 Å². The van der Waals surface area contributed by atoms with Gasteiger partial charge in [-0.15, -0.1) is 0 Å². The number of hydrogen-bond donors (Lipinski definition) is 3. The van der Waals surface area contributed by atoms with Crippen LogP contribution < -0.4 is 5.32 Å². The monoisotopic (exact) mass is 882 g/mol. The van der Waals surface area contributed by atoms with Crippen LogP contribution >= 0.6 is 0 Å². The Balaban J connectivity index is 3.44. The molecule has 2 atom stereocenters. The van der Waals surface area contributed by atoms with Gasteiger partial charge < -0.3 is 15.5 Å². The Kier molecular flexibility index (Phi) is 53.3. The standard InChI is InChI=1S/C59H111NO3/c1-3-5-7-9-11-13-15-17-19-21-23-25-26-27-28-29-30-31-32-33-35-36-38-40-42-44-46-48-50-52-54-58(62)57(56-61)60-59(63)55-53-51-49-47-45-43-41-39-37-34-24-22-20-18-16-14-12-10-8-6-4-2/h6,8,12,14,18,20,24,34,57-58,61-62H,3-5,7,9-11,13,15-17,19,21-23,25-33,35-56H2,1-2H3,(H,60,63)/b8-6-,14-12-,20-18-,34-24-. The Hall–Kier alpha value is -1.65. The van der Waals surface area contributed by atoms with Crippen molar-refractivity contribution in [2.45, 2.75) is 315 Å². The van der Waals surface area contributed by atoms with Gasteiger partial charge in [0.25, 0.3) is 0 Å². The third-order valence-corrected chi connectivity index (χ3v) is 13.1. The van der Waals surface area contributed by atoms with Gasteiger partial charge in [0.2, 0.25) is 5.91 Å². The molecular formula is C59H111NO3. The molecule has 2 unspecified atom stereocenters. The fourth-order valence-corrected chi connectivity index (χ4v) is 8.83. The minimum atomic E-state index is -0.666. The van der Waals surface area contributed by atoms with Crippen molar-refractivity contribution in [1.82, 2.24) is 5.32 Å². The maximum Gasteiger partial charge on any atom is 0.220 e. The predicted molar refractivity (Wildman–Crippen MR) is 281 cm³/mol. The van der Waals surface area contributed by atoms with Crippen molar-refractivity contribution in [3.8, 4) is 0 Å². The summed E-state index contributed by atoms with van der Waals surface area (Å²) in [5.74, 6) is -0.0373. The molecule has 0 saturated carbocycles. The highest BCUT2D eigenvalue weighted by atomic mass is 16.3. The minimum absolute atomic E-state index is 0.0373. The minimum Gasteiger partial charge on any atom is -0.394 e. The summed E-state index contributed by atoms with van der Waals surface area (Å²) in [6.45, 7) is 4.27. The molecule has 0 radical (unpaired) electrons. The van der Waals surface area contributed by atoms with Crippen molar-refractivity contribution in [1.29, 1.82) is 0 Å². The van der Waals surface area contributed by atoms with Gasteiger partial charge in [-0.25, -0.2) is 0 Å². The first kappa shape index (κ1) is 61.4. The van der Waals surface area contributed by atoms with Gasteiger partial charge >= 0.3 is 0 Å². The molecule has 4 nitrogen and oxygen atoms in total. The van der Waals surface area contributed by atoms with Crippen molar-refractivity contribution < 1.29 is 15.0 Å². The van der Waals surface area contributed by atoms with Crippen molar-refractivity contribution >= 4 is 5.91 Å². The van der Waals surface area contributed by atoms with E-state index in [-0.39, 0.29) is 12.5 Å². The van der Waals surface area contributed by atoms with Gasteiger partial charge in [0.05, 0.1) is 18.8 Å². The van der Waals surface area contributed by atoms with Crippen LogP contribution in [0.1, 0.15) is 303 Å². The SMILES string of the molecule is CC/C=C\C/C=C\C/C=C\C/C=C\CCCCCCCCCCC(=O)NC(CO)C(O)CCCCCCCCCCCCCCCCCCCCCCCCCCCCCCCC. The van der Waals surface area contributed by atoms with Crippen LogP contribution in [0.4, 0.5) is 0 Å². The number of rotatable bonds is 52. The molecule has 0 spiro atoms. The summed E-state index contributed by atoms with van der Waals surface area (Å²) in [6, 6.07) is -0.544. The number of carbonyl (C=O) groups is 1. The third-order valence-electron chi connectivity index (χ3n) is 13.1. The smallest absolute Gasteiger partial charge is 0.220 e. The van der Waals surface area contributed by atoms with Gasteiger partial charge in [0, 0.05) is 6.42 Å². The molecular weight excluding hydrogens is 771 g/mol. The number of nitrogens with one attached hydrogen (secondary N) is 1. The maximum atomic E-state index is 12.5. The second-order valence-electron chi connectivity index (χ2n) is 19.3. The highest BCUT2D eigenvalue weighted by Crippen LogP contribution is 2.18. The normalized spacial score (nSPS) is 13.1. The molecule has 0 aromatic heterocycles. The van der Waals surface area contributed by atoms with Crippen LogP contribution in [-0.4, -0.2) is 34.9 Å². The van der Waals surface area contributed by atoms with Crippen molar-refractivity contribution in [2.75, 3.05) is 6.61 Å². The number of allylic oxidation sites excluding steroid dienone is 8. The largest absolute Gasteiger partial charge is 0.394 e. The lowest BCUT2D eigenvalue weighted by atomic mass is 10.0. The second kappa shape index (κ2) is 54.7. The molecule has 0 heterocycles. The summed E-state index contributed by atoms with van der Waals surface area (Å²) in [7, 11) is 0. The number of unbranched alkanes of at least 4 members (excludes halogenated alkanes) is 37. The molecule has 4 heteroatoms. The number of hydrogen-bond acceptors (Lipinski definition) is 3. The maximum absolute atomic E-state index is 12.5. The molecule has 0 aromatic carbocycles. The summed E-state index contributed by atoms with van der Waals surface area (Å²) in [5, 5.41) is 23.3. The highest BCUT2D eigenvalue weighted by molar-refractivity contribution is 5.76. The fraction of sp³-hybridized carbons (Fsp3) is 0.847.